The van der Waals surface area contributed by atoms with E-state index in [1.807, 2.05) is 19.1 Å². The summed E-state index contributed by atoms with van der Waals surface area (Å²) in [5, 5.41) is 0. The number of para-hydroxylation sites is 1. The van der Waals surface area contributed by atoms with Crippen LogP contribution in [-0.2, 0) is 11.3 Å². The molecule has 0 bridgehead atoms. The lowest BCUT2D eigenvalue weighted by Gasteiger charge is -2.19. The predicted octanol–water partition coefficient (Wildman–Crippen LogP) is 4.29. The van der Waals surface area contributed by atoms with Crippen molar-refractivity contribution in [2.24, 2.45) is 0 Å². The van der Waals surface area contributed by atoms with E-state index in [1.54, 1.807) is 33.4 Å². The maximum atomic E-state index is 12.7. The fourth-order valence-corrected chi connectivity index (χ4v) is 2.85. The van der Waals surface area contributed by atoms with Crippen molar-refractivity contribution in [3.05, 3.63) is 53.1 Å². The molecule has 0 heterocycles. The van der Waals surface area contributed by atoms with E-state index in [1.165, 1.54) is 30.2 Å². The zero-order valence-corrected chi connectivity index (χ0v) is 17.6. The molecular weight excluding hydrogens is 396 g/mol. The minimum absolute atomic E-state index is 0.127. The zero-order chi connectivity index (χ0) is 22.3. The van der Waals surface area contributed by atoms with Gasteiger partial charge in [-0.2, -0.15) is 8.78 Å². The van der Waals surface area contributed by atoms with Gasteiger partial charge in [0.25, 0.3) is 0 Å². The summed E-state index contributed by atoms with van der Waals surface area (Å²) in [6.45, 7) is -0.774. The van der Waals surface area contributed by atoms with Gasteiger partial charge in [0.1, 0.15) is 0 Å². The van der Waals surface area contributed by atoms with Crippen molar-refractivity contribution in [1.29, 1.82) is 0 Å². The Morgan fingerprint density at radius 1 is 1.07 bits per heavy atom. The number of likely N-dealkylation sites (N-methyl/N-ethyl adjacent to an activating group) is 1. The third-order valence-electron chi connectivity index (χ3n) is 4.47. The highest BCUT2D eigenvalue weighted by molar-refractivity contribution is 5.92. The SMILES string of the molecule is COc1cc(C)c(CN(C)C(=O)/C=C/c2cccc(OC)c2OC(F)F)cc1OC. The van der Waals surface area contributed by atoms with Gasteiger partial charge in [-0.1, -0.05) is 12.1 Å². The van der Waals surface area contributed by atoms with Crippen LogP contribution in [0.15, 0.2) is 36.4 Å². The largest absolute Gasteiger partial charge is 0.493 e. The zero-order valence-electron chi connectivity index (χ0n) is 17.6. The monoisotopic (exact) mass is 421 g/mol. The predicted molar refractivity (Wildman–Crippen MR) is 109 cm³/mol. The van der Waals surface area contributed by atoms with Gasteiger partial charge in [0.15, 0.2) is 23.0 Å². The molecule has 8 heteroatoms. The molecule has 0 aromatic heterocycles. The highest BCUT2D eigenvalue weighted by atomic mass is 19.3. The smallest absolute Gasteiger partial charge is 0.387 e. The summed E-state index contributed by atoms with van der Waals surface area (Å²) in [5.41, 5.74) is 2.13. The van der Waals surface area contributed by atoms with Crippen molar-refractivity contribution >= 4 is 12.0 Å². The molecule has 0 aliphatic carbocycles. The van der Waals surface area contributed by atoms with E-state index in [4.69, 9.17) is 14.2 Å². The molecule has 162 valence electrons. The molecule has 6 nitrogen and oxygen atoms in total. The molecule has 30 heavy (non-hydrogen) atoms. The molecule has 0 atom stereocenters. The molecule has 0 aliphatic heterocycles. The van der Waals surface area contributed by atoms with Crippen LogP contribution in [0.3, 0.4) is 0 Å². The fraction of sp³-hybridized carbons (Fsp3) is 0.318. The van der Waals surface area contributed by atoms with E-state index in [2.05, 4.69) is 4.74 Å². The normalized spacial score (nSPS) is 10.9. The number of aryl methyl sites for hydroxylation is 1. The number of nitrogens with zero attached hydrogens (tertiary/aromatic N) is 1. The Balaban J connectivity index is 2.20. The third kappa shape index (κ3) is 5.62. The lowest BCUT2D eigenvalue weighted by molar-refractivity contribution is -0.125. The molecule has 2 rings (SSSR count). The first-order valence-electron chi connectivity index (χ1n) is 9.07. The Bertz CT molecular complexity index is 915. The van der Waals surface area contributed by atoms with Crippen LogP contribution in [0.5, 0.6) is 23.0 Å². The maximum Gasteiger partial charge on any atom is 0.387 e. The first-order valence-corrected chi connectivity index (χ1v) is 9.07. The number of benzene rings is 2. The van der Waals surface area contributed by atoms with Crippen molar-refractivity contribution in [2.45, 2.75) is 20.1 Å². The molecule has 0 aliphatic rings. The summed E-state index contributed by atoms with van der Waals surface area (Å²) >= 11 is 0. The second-order valence-electron chi connectivity index (χ2n) is 6.42. The van der Waals surface area contributed by atoms with Gasteiger partial charge in [-0.15, -0.1) is 0 Å². The number of hydrogen-bond donors (Lipinski definition) is 0. The fourth-order valence-electron chi connectivity index (χ4n) is 2.85. The van der Waals surface area contributed by atoms with Crippen molar-refractivity contribution < 1.29 is 32.5 Å². The number of methoxy groups -OCH3 is 3. The van der Waals surface area contributed by atoms with Crippen molar-refractivity contribution in [1.82, 2.24) is 4.90 Å². The van der Waals surface area contributed by atoms with Crippen LogP contribution in [0.1, 0.15) is 16.7 Å². The second kappa shape index (κ2) is 10.5. The Kier molecular flexibility index (Phi) is 8.03. The van der Waals surface area contributed by atoms with Crippen molar-refractivity contribution in [3.63, 3.8) is 0 Å². The van der Waals surface area contributed by atoms with Crippen LogP contribution in [0.2, 0.25) is 0 Å². The van der Waals surface area contributed by atoms with Gasteiger partial charge in [-0.05, 0) is 42.3 Å². The lowest BCUT2D eigenvalue weighted by atomic mass is 10.1. The summed E-state index contributed by atoms with van der Waals surface area (Å²) < 4.78 is 45.7. The number of alkyl halides is 2. The molecule has 2 aromatic carbocycles. The molecule has 2 aromatic rings. The van der Waals surface area contributed by atoms with Gasteiger partial charge in [0, 0.05) is 25.2 Å². The summed E-state index contributed by atoms with van der Waals surface area (Å²) in [6.07, 6.45) is 2.71. The minimum atomic E-state index is -3.01. The summed E-state index contributed by atoms with van der Waals surface area (Å²) in [5.74, 6) is 0.892. The molecule has 0 spiro atoms. The Morgan fingerprint density at radius 3 is 2.30 bits per heavy atom. The number of halogens is 2. The molecule has 0 saturated heterocycles. The quantitative estimate of drug-likeness (QED) is 0.566. The number of carbonyl (C=O) groups is 1. The summed E-state index contributed by atoms with van der Waals surface area (Å²) in [7, 11) is 6.10. The first-order chi connectivity index (χ1) is 14.3. The number of amides is 1. The standard InChI is InChI=1S/C22H25F2NO5/c1-14-11-18(28-4)19(29-5)12-16(14)13-25(2)20(26)10-9-15-7-6-8-17(27-3)21(15)30-22(23)24/h6-12,22H,13H2,1-5H3/b10-9+. The van der Waals surface area contributed by atoms with E-state index in [0.717, 1.165) is 11.1 Å². The summed E-state index contributed by atoms with van der Waals surface area (Å²) in [4.78, 5) is 14.1. The van der Waals surface area contributed by atoms with Gasteiger partial charge in [0.05, 0.1) is 21.3 Å². The third-order valence-corrected chi connectivity index (χ3v) is 4.47. The van der Waals surface area contributed by atoms with E-state index < -0.39 is 6.61 Å². The minimum Gasteiger partial charge on any atom is -0.493 e. The van der Waals surface area contributed by atoms with Crippen LogP contribution >= 0.6 is 0 Å². The van der Waals surface area contributed by atoms with E-state index in [-0.39, 0.29) is 17.4 Å². The number of ether oxygens (including phenoxy) is 4. The van der Waals surface area contributed by atoms with Gasteiger partial charge in [-0.25, -0.2) is 0 Å². The Morgan fingerprint density at radius 2 is 1.70 bits per heavy atom. The van der Waals surface area contributed by atoms with Crippen LogP contribution in [0, 0.1) is 6.92 Å². The molecule has 0 saturated carbocycles. The number of carbonyl (C=O) groups excluding carboxylic acids is 1. The van der Waals surface area contributed by atoms with Crippen molar-refractivity contribution in [3.8, 4) is 23.0 Å². The van der Waals surface area contributed by atoms with Crippen LogP contribution in [0.4, 0.5) is 8.78 Å². The highest BCUT2D eigenvalue weighted by Crippen LogP contribution is 2.33. The van der Waals surface area contributed by atoms with Gasteiger partial charge in [0.2, 0.25) is 5.91 Å². The second-order valence-corrected chi connectivity index (χ2v) is 6.42. The Hall–Kier alpha value is -3.29. The van der Waals surface area contributed by atoms with E-state index in [0.29, 0.717) is 23.6 Å². The topological polar surface area (TPSA) is 57.2 Å². The van der Waals surface area contributed by atoms with Gasteiger partial charge >= 0.3 is 6.61 Å². The Labute approximate surface area is 174 Å². The molecule has 0 N–H and O–H groups in total. The highest BCUT2D eigenvalue weighted by Gasteiger charge is 2.15. The van der Waals surface area contributed by atoms with Gasteiger partial charge < -0.3 is 23.8 Å². The molecule has 0 radical (unpaired) electrons. The average molecular weight is 421 g/mol. The maximum absolute atomic E-state index is 12.7. The van der Waals surface area contributed by atoms with E-state index in [9.17, 15) is 13.6 Å². The van der Waals surface area contributed by atoms with Crippen LogP contribution in [-0.4, -0.2) is 45.8 Å². The first kappa shape index (κ1) is 23.0. The number of hydrogen-bond acceptors (Lipinski definition) is 5. The number of rotatable bonds is 9. The van der Waals surface area contributed by atoms with Gasteiger partial charge in [-0.3, -0.25) is 4.79 Å². The molecule has 0 fully saturated rings. The van der Waals surface area contributed by atoms with E-state index >= 15 is 0 Å². The molecular formula is C22H25F2NO5. The lowest BCUT2D eigenvalue weighted by Crippen LogP contribution is -2.24. The van der Waals surface area contributed by atoms with Crippen LogP contribution in [0.25, 0.3) is 6.08 Å². The summed E-state index contributed by atoms with van der Waals surface area (Å²) in [6, 6.07) is 8.34. The molecule has 1 amide bonds. The van der Waals surface area contributed by atoms with Crippen LogP contribution < -0.4 is 18.9 Å². The average Bonchev–Trinajstić information content (AvgIpc) is 2.73. The molecule has 0 unspecified atom stereocenters. The van der Waals surface area contributed by atoms with Crippen molar-refractivity contribution in [2.75, 3.05) is 28.4 Å².